The van der Waals surface area contributed by atoms with Gasteiger partial charge in [0.1, 0.15) is 17.2 Å². The molecule has 4 saturated carbocycles. The Hall–Kier alpha value is -7.82. The van der Waals surface area contributed by atoms with Crippen LogP contribution in [0.4, 0.5) is 39.5 Å². The largest absolute Gasteiger partial charge is 0.484 e. The van der Waals surface area contributed by atoms with Crippen LogP contribution in [0.15, 0.2) is 88.9 Å². The van der Waals surface area contributed by atoms with Crippen LogP contribution in [0, 0.1) is 24.7 Å². The van der Waals surface area contributed by atoms with Crippen LogP contribution in [0.1, 0.15) is 146 Å². The number of benzene rings is 3. The van der Waals surface area contributed by atoms with Gasteiger partial charge in [-0.05, 0) is 125 Å². The van der Waals surface area contributed by atoms with E-state index in [1.54, 1.807) is 16.7 Å². The van der Waals surface area contributed by atoms with Crippen LogP contribution in [0.2, 0.25) is 0 Å². The molecule has 0 N–H and O–H groups in total. The quantitative estimate of drug-likeness (QED) is 0.0681. The summed E-state index contributed by atoms with van der Waals surface area (Å²) in [6, 6.07) is 11.6. The molecule has 7 aliphatic rings. The van der Waals surface area contributed by atoms with Gasteiger partial charge in [-0.25, -0.2) is 51.6 Å². The number of ether oxygens (including phenoxy) is 3. The number of alkyl halides is 9. The van der Waals surface area contributed by atoms with Crippen LogP contribution in [0.3, 0.4) is 0 Å². The predicted octanol–water partition coefficient (Wildman–Crippen LogP) is 9.74. The summed E-state index contributed by atoms with van der Waals surface area (Å²) >= 11 is 0. The van der Waals surface area contributed by atoms with Crippen molar-refractivity contribution in [1.82, 2.24) is 40.1 Å². The first kappa shape index (κ1) is 71.5. The second-order valence-electron chi connectivity index (χ2n) is 27.1. The summed E-state index contributed by atoms with van der Waals surface area (Å²) in [4.78, 5) is 53.0. The molecule has 532 valence electrons. The minimum absolute atomic E-state index is 0.0162. The maximum atomic E-state index is 13.7. The van der Waals surface area contributed by atoms with Gasteiger partial charge in [0, 0.05) is 103 Å². The first-order chi connectivity index (χ1) is 45.2. The average Bonchev–Trinajstić information content (AvgIpc) is 1.55. The van der Waals surface area contributed by atoms with Gasteiger partial charge in [-0.1, -0.05) is 15.5 Å². The number of carbonyl (C=O) groups excluding carboxylic acids is 3. The van der Waals surface area contributed by atoms with Crippen LogP contribution < -0.4 is 14.2 Å². The summed E-state index contributed by atoms with van der Waals surface area (Å²) in [7, 11) is -11.0. The highest BCUT2D eigenvalue weighted by atomic mass is 32.2. The molecule has 6 aromatic rings. The Balaban J connectivity index is 0.000000149. The van der Waals surface area contributed by atoms with Crippen LogP contribution in [-0.2, 0) is 51.9 Å². The highest BCUT2D eigenvalue weighted by molar-refractivity contribution is 7.91. The number of amides is 3. The molecule has 0 spiro atoms. The normalized spacial score (nSPS) is 24.4. The van der Waals surface area contributed by atoms with Crippen molar-refractivity contribution < 1.29 is 107 Å². The van der Waals surface area contributed by atoms with Crippen LogP contribution in [-0.4, -0.2) is 177 Å². The lowest BCUT2D eigenvalue weighted by molar-refractivity contribution is -0.155. The fourth-order valence-corrected chi connectivity index (χ4v) is 14.4. The topological polar surface area (TPSA) is 295 Å². The zero-order valence-corrected chi connectivity index (χ0v) is 56.9. The second-order valence-corrected chi connectivity index (χ2v) is 33.2. The number of hydrogen-bond donors (Lipinski definition) is 0. The molecule has 3 aromatic heterocycles. The lowest BCUT2D eigenvalue weighted by Gasteiger charge is -2.25. The Morgan fingerprint density at radius 1 is 0.510 bits per heavy atom. The highest BCUT2D eigenvalue weighted by Crippen LogP contribution is 2.61. The Morgan fingerprint density at radius 2 is 0.857 bits per heavy atom. The summed E-state index contributed by atoms with van der Waals surface area (Å²) in [6.07, 6.45) is -2.12. The molecule has 35 heteroatoms. The number of likely N-dealkylation sites (tertiary alicyclic amines) is 3. The molecule has 7 fully saturated rings. The molecule has 3 saturated heterocycles. The van der Waals surface area contributed by atoms with Gasteiger partial charge in [-0.2, -0.15) is 23.1 Å². The smallest absolute Gasteiger partial charge is 0.452 e. The minimum Gasteiger partial charge on any atom is -0.484 e. The van der Waals surface area contributed by atoms with E-state index in [0.29, 0.717) is 75.8 Å². The van der Waals surface area contributed by atoms with Gasteiger partial charge in [0.05, 0.1) is 47.9 Å². The highest BCUT2D eigenvalue weighted by Gasteiger charge is 2.67. The van der Waals surface area contributed by atoms with E-state index in [2.05, 4.69) is 30.0 Å². The van der Waals surface area contributed by atoms with Gasteiger partial charge in [-0.3, -0.25) is 14.4 Å². The van der Waals surface area contributed by atoms with E-state index >= 15 is 0 Å². The summed E-state index contributed by atoms with van der Waals surface area (Å²) in [6.45, 7) is 9.02. The summed E-state index contributed by atoms with van der Waals surface area (Å²) in [5.41, 5.74) is -1.83. The van der Waals surface area contributed by atoms with Crippen molar-refractivity contribution in [3.63, 3.8) is 0 Å². The number of carbonyl (C=O) groups is 3. The molecule has 6 heterocycles. The maximum Gasteiger partial charge on any atom is 0.452 e. The molecule has 3 aliphatic heterocycles. The van der Waals surface area contributed by atoms with Crippen molar-refractivity contribution in [2.45, 2.75) is 160 Å². The van der Waals surface area contributed by atoms with Gasteiger partial charge in [0.2, 0.25) is 17.5 Å². The number of hydrogen-bond acceptors (Lipinski definition) is 20. The number of piperidine rings is 3. The molecule has 0 bridgehead atoms. The maximum absolute atomic E-state index is 13.7. The molecular weight excluding hydrogens is 1380 g/mol. The van der Waals surface area contributed by atoms with Crippen LogP contribution in [0.5, 0.6) is 17.2 Å². The number of nitrogens with zero attached hydrogens (tertiary/aromatic N) is 8. The standard InChI is InChI=1S/C22H25F2N3O5S.C21H21F5N2O5S.C20H23F2N3O5S/c1-12(21(2,23)24)31-17-7-6-15(33(3,29)30)8-16(17)19(28)27-10-14-9-22(14,11-27)20-25-18(32-26-20)13-4-5-13;1-11(19(2,22)23)32-15-5-4-13(34(3,30)31)6-14(15)18(29)28-9-12-8-20(12,10-28)16-7-17(33-27-16)21(24,25)26;1-11(19(3,21)22)29-16-6-5-14(31(4,27)28)7-15(16)17(26)25-9-13-8-20(13,10-25)18-23-12(2)30-24-18/h6-8,12-14H,4-5,9-11H2,1-3H3;4-7,11-12H,8-10H2,1-3H3;5-7,11,13H,8-10H2,1-4H3/t12-,14?,22?;11-,12?,20?;11-,13?,20?/m101/s1. The van der Waals surface area contributed by atoms with Crippen LogP contribution >= 0.6 is 0 Å². The zero-order chi connectivity index (χ0) is 71.8. The van der Waals surface area contributed by atoms with E-state index in [0.717, 1.165) is 82.6 Å². The number of halogens is 9. The van der Waals surface area contributed by atoms with E-state index in [-0.39, 0.29) is 96.0 Å². The lowest BCUT2D eigenvalue weighted by atomic mass is 10.0. The van der Waals surface area contributed by atoms with E-state index in [1.165, 1.54) is 55.1 Å². The molecule has 23 nitrogen and oxygen atoms in total. The third kappa shape index (κ3) is 14.5. The SMILES string of the molecule is C[C@@H](Oc1ccc(S(C)(=O)=O)cc1C(=O)N1CC2CC2(c2noc(C3CC3)n2)C1)C(C)(F)F.C[C@H](Oc1ccc(S(C)(=O)=O)cc1C(=O)N1CC2CC2(c2cc(C(F)(F)F)on2)C1)C(C)(F)F.Cc1nc(C23CC2CN(C(=O)c2cc(S(C)(=O)=O)ccc2O[C@H](C)C(C)(F)F)C3)no1. The van der Waals surface area contributed by atoms with Crippen molar-refractivity contribution in [2.24, 2.45) is 17.8 Å². The monoisotopic (exact) mass is 1440 g/mol. The van der Waals surface area contributed by atoms with Crippen molar-refractivity contribution in [1.29, 1.82) is 0 Å². The molecule has 9 atom stereocenters. The first-order valence-electron chi connectivity index (χ1n) is 30.9. The Kier molecular flexibility index (Phi) is 17.9. The van der Waals surface area contributed by atoms with Crippen LogP contribution in [0.25, 0.3) is 0 Å². The number of sulfone groups is 3. The average molecular weight is 1450 g/mol. The fourth-order valence-electron chi connectivity index (χ4n) is 12.5. The number of rotatable bonds is 19. The van der Waals surface area contributed by atoms with E-state index in [9.17, 15) is 79.2 Å². The van der Waals surface area contributed by atoms with E-state index in [1.807, 2.05) is 0 Å². The van der Waals surface area contributed by atoms with Gasteiger partial charge in [-0.15, -0.1) is 0 Å². The van der Waals surface area contributed by atoms with E-state index < -0.39 is 101 Å². The summed E-state index contributed by atoms with van der Waals surface area (Å²) in [5.74, 6) is -10.1. The summed E-state index contributed by atoms with van der Waals surface area (Å²) in [5, 5.41) is 11.7. The third-order valence-corrected chi connectivity index (χ3v) is 22.6. The van der Waals surface area contributed by atoms with Gasteiger partial charge in [0.25, 0.3) is 35.5 Å². The molecule has 98 heavy (non-hydrogen) atoms. The minimum atomic E-state index is -4.70. The second kappa shape index (κ2) is 24.5. The van der Waals surface area contributed by atoms with Gasteiger partial charge in [0.15, 0.2) is 59.5 Å². The Bertz CT molecular complexity index is 4490. The molecule has 13 rings (SSSR count). The Morgan fingerprint density at radius 3 is 1.18 bits per heavy atom. The number of fused-ring (bicyclic) bond motifs is 3. The number of aryl methyl sites for hydroxylation is 1. The zero-order valence-electron chi connectivity index (χ0n) is 54.4. The first-order valence-corrected chi connectivity index (χ1v) is 36.6. The van der Waals surface area contributed by atoms with Gasteiger partial charge >= 0.3 is 6.18 Å². The van der Waals surface area contributed by atoms with Gasteiger partial charge < -0.3 is 42.5 Å². The predicted molar refractivity (Wildman–Crippen MR) is 325 cm³/mol. The molecule has 3 aromatic carbocycles. The van der Waals surface area contributed by atoms with Crippen molar-refractivity contribution in [2.75, 3.05) is 58.0 Å². The molecular formula is C63H69F9N8O15S3. The van der Waals surface area contributed by atoms with Crippen molar-refractivity contribution in [3.8, 4) is 17.2 Å². The van der Waals surface area contributed by atoms with E-state index in [4.69, 9.17) is 23.3 Å². The third-order valence-electron chi connectivity index (χ3n) is 19.3. The molecule has 3 amide bonds. The molecule has 0 radical (unpaired) electrons. The fraction of sp³-hybridized carbons (Fsp3) is 0.556. The number of aromatic nitrogens is 5. The lowest BCUT2D eigenvalue weighted by Crippen LogP contribution is -2.35. The van der Waals surface area contributed by atoms with Crippen molar-refractivity contribution in [3.05, 3.63) is 112 Å². The van der Waals surface area contributed by atoms with Crippen molar-refractivity contribution >= 4 is 47.2 Å². The Labute approximate surface area is 556 Å². The molecule has 6 unspecified atom stereocenters. The molecule has 4 aliphatic carbocycles. The summed E-state index contributed by atoms with van der Waals surface area (Å²) < 4.78 is 224.